The van der Waals surface area contributed by atoms with Crippen LogP contribution in [0.2, 0.25) is 0 Å². The van der Waals surface area contributed by atoms with Gasteiger partial charge in [0.2, 0.25) is 5.91 Å². The van der Waals surface area contributed by atoms with E-state index >= 15 is 0 Å². The molecule has 2 atom stereocenters. The highest BCUT2D eigenvalue weighted by atomic mass is 16.2. The van der Waals surface area contributed by atoms with Gasteiger partial charge in [0.25, 0.3) is 0 Å². The first-order valence-corrected chi connectivity index (χ1v) is 6.63. The van der Waals surface area contributed by atoms with Gasteiger partial charge in [-0.3, -0.25) is 4.79 Å². The van der Waals surface area contributed by atoms with Crippen molar-refractivity contribution in [3.05, 3.63) is 35.9 Å². The lowest BCUT2D eigenvalue weighted by molar-refractivity contribution is -0.126. The Labute approximate surface area is 109 Å². The number of carbonyl (C=O) groups excluding carboxylic acids is 1. The van der Waals surface area contributed by atoms with Gasteiger partial charge in [-0.1, -0.05) is 36.8 Å². The van der Waals surface area contributed by atoms with Crippen molar-refractivity contribution >= 4 is 5.91 Å². The summed E-state index contributed by atoms with van der Waals surface area (Å²) >= 11 is 0. The lowest BCUT2D eigenvalue weighted by Gasteiger charge is -2.26. The molecule has 3 nitrogen and oxygen atoms in total. The summed E-state index contributed by atoms with van der Waals surface area (Å²) < 4.78 is 0. The van der Waals surface area contributed by atoms with E-state index < -0.39 is 5.54 Å². The maximum atomic E-state index is 12.0. The molecule has 0 aromatic heterocycles. The van der Waals surface area contributed by atoms with Crippen molar-refractivity contribution in [3.8, 4) is 0 Å². The summed E-state index contributed by atoms with van der Waals surface area (Å²) in [6.45, 7) is 3.49. The molecule has 98 valence electrons. The van der Waals surface area contributed by atoms with Crippen molar-refractivity contribution in [1.82, 2.24) is 5.32 Å². The van der Waals surface area contributed by atoms with Gasteiger partial charge < -0.3 is 11.1 Å². The van der Waals surface area contributed by atoms with Crippen LogP contribution in [0.25, 0.3) is 0 Å². The molecule has 0 heterocycles. The van der Waals surface area contributed by atoms with Gasteiger partial charge in [0, 0.05) is 12.0 Å². The Bertz CT molecular complexity index is 408. The van der Waals surface area contributed by atoms with E-state index in [-0.39, 0.29) is 11.9 Å². The monoisotopic (exact) mass is 246 g/mol. The Morgan fingerprint density at radius 3 is 2.56 bits per heavy atom. The summed E-state index contributed by atoms with van der Waals surface area (Å²) in [7, 11) is 0. The van der Waals surface area contributed by atoms with Gasteiger partial charge in [0.05, 0.1) is 5.54 Å². The van der Waals surface area contributed by atoms with Gasteiger partial charge in [-0.2, -0.15) is 0 Å². The molecule has 3 heteroatoms. The number of nitrogens with one attached hydrogen (secondary N) is 1. The van der Waals surface area contributed by atoms with Gasteiger partial charge in [0.1, 0.15) is 0 Å². The molecule has 1 aromatic rings. The summed E-state index contributed by atoms with van der Waals surface area (Å²) in [4.78, 5) is 12.0. The summed E-state index contributed by atoms with van der Waals surface area (Å²) in [6, 6.07) is 10.6. The highest BCUT2D eigenvalue weighted by molar-refractivity contribution is 5.85. The van der Waals surface area contributed by atoms with Gasteiger partial charge in [-0.25, -0.2) is 0 Å². The van der Waals surface area contributed by atoms with Gasteiger partial charge in [-0.05, 0) is 32.3 Å². The lowest BCUT2D eigenvalue weighted by Crippen LogP contribution is -2.52. The number of amides is 1. The molecule has 1 fully saturated rings. The van der Waals surface area contributed by atoms with Crippen LogP contribution in [0.1, 0.15) is 44.6 Å². The average molecular weight is 246 g/mol. The van der Waals surface area contributed by atoms with Crippen LogP contribution in [0.15, 0.2) is 30.3 Å². The molecule has 1 amide bonds. The SMILES string of the molecule is CC(C)(N)C(=O)NC1CCCC1c1ccccc1. The Morgan fingerprint density at radius 1 is 1.28 bits per heavy atom. The zero-order valence-corrected chi connectivity index (χ0v) is 11.1. The van der Waals surface area contributed by atoms with Crippen molar-refractivity contribution in [2.24, 2.45) is 5.73 Å². The van der Waals surface area contributed by atoms with Crippen molar-refractivity contribution in [2.75, 3.05) is 0 Å². The largest absolute Gasteiger partial charge is 0.351 e. The first kappa shape index (κ1) is 13.1. The fourth-order valence-corrected chi connectivity index (χ4v) is 2.59. The number of rotatable bonds is 3. The second kappa shape index (κ2) is 5.11. The minimum atomic E-state index is -0.802. The first-order valence-electron chi connectivity index (χ1n) is 6.63. The third-order valence-electron chi connectivity index (χ3n) is 3.65. The molecule has 1 aromatic carbocycles. The summed E-state index contributed by atoms with van der Waals surface area (Å²) in [5.74, 6) is 0.368. The van der Waals surface area contributed by atoms with E-state index in [0.717, 1.165) is 19.3 Å². The average Bonchev–Trinajstić information content (AvgIpc) is 2.77. The Kier molecular flexibility index (Phi) is 3.71. The topological polar surface area (TPSA) is 55.1 Å². The maximum Gasteiger partial charge on any atom is 0.239 e. The molecule has 0 radical (unpaired) electrons. The predicted molar refractivity (Wildman–Crippen MR) is 73.2 cm³/mol. The van der Waals surface area contributed by atoms with Crippen LogP contribution in [0, 0.1) is 0 Å². The predicted octanol–water partition coefficient (Wildman–Crippen LogP) is 2.18. The van der Waals surface area contributed by atoms with Crippen molar-refractivity contribution in [3.63, 3.8) is 0 Å². The van der Waals surface area contributed by atoms with E-state index in [1.54, 1.807) is 13.8 Å². The van der Waals surface area contributed by atoms with Crippen LogP contribution in [0.3, 0.4) is 0 Å². The number of hydrogen-bond donors (Lipinski definition) is 2. The molecule has 0 saturated heterocycles. The van der Waals surface area contributed by atoms with E-state index in [2.05, 4.69) is 29.6 Å². The van der Waals surface area contributed by atoms with Crippen LogP contribution < -0.4 is 11.1 Å². The van der Waals surface area contributed by atoms with Crippen molar-refractivity contribution < 1.29 is 4.79 Å². The molecule has 2 rings (SSSR count). The first-order chi connectivity index (χ1) is 8.48. The number of benzene rings is 1. The molecule has 1 saturated carbocycles. The molecule has 1 aliphatic carbocycles. The van der Waals surface area contributed by atoms with E-state index in [1.807, 2.05) is 6.07 Å². The third kappa shape index (κ3) is 2.91. The molecule has 1 aliphatic rings. The minimum Gasteiger partial charge on any atom is -0.351 e. The highest BCUT2D eigenvalue weighted by Gasteiger charge is 2.32. The van der Waals surface area contributed by atoms with Crippen LogP contribution in [-0.4, -0.2) is 17.5 Å². The zero-order chi connectivity index (χ0) is 13.2. The van der Waals surface area contributed by atoms with Crippen molar-refractivity contribution in [2.45, 2.75) is 50.6 Å². The normalized spacial score (nSPS) is 23.9. The number of hydrogen-bond acceptors (Lipinski definition) is 2. The molecule has 3 N–H and O–H groups in total. The fraction of sp³-hybridized carbons (Fsp3) is 0.533. The Morgan fingerprint density at radius 2 is 1.94 bits per heavy atom. The third-order valence-corrected chi connectivity index (χ3v) is 3.65. The summed E-state index contributed by atoms with van der Waals surface area (Å²) in [5.41, 5.74) is 6.34. The molecule has 2 unspecified atom stereocenters. The fourth-order valence-electron chi connectivity index (χ4n) is 2.59. The zero-order valence-electron chi connectivity index (χ0n) is 11.1. The Balaban J connectivity index is 2.07. The smallest absolute Gasteiger partial charge is 0.239 e. The number of carbonyl (C=O) groups is 1. The summed E-state index contributed by atoms with van der Waals surface area (Å²) in [5, 5.41) is 3.10. The second-order valence-corrected chi connectivity index (χ2v) is 5.75. The number of nitrogens with two attached hydrogens (primary N) is 1. The molecule has 18 heavy (non-hydrogen) atoms. The molecule has 0 bridgehead atoms. The van der Waals surface area contributed by atoms with Crippen LogP contribution in [0.4, 0.5) is 0 Å². The maximum absolute atomic E-state index is 12.0. The molecular formula is C15H22N2O. The standard InChI is InChI=1S/C15H22N2O/c1-15(2,16)14(18)17-13-10-6-9-12(13)11-7-4-3-5-8-11/h3-5,7-8,12-13H,6,9-10,16H2,1-2H3,(H,17,18). The van der Waals surface area contributed by atoms with Gasteiger partial charge in [-0.15, -0.1) is 0 Å². The van der Waals surface area contributed by atoms with Crippen molar-refractivity contribution in [1.29, 1.82) is 0 Å². The second-order valence-electron chi connectivity index (χ2n) is 5.75. The molecule has 0 aliphatic heterocycles. The molecule has 0 spiro atoms. The van der Waals surface area contributed by atoms with Crippen LogP contribution in [-0.2, 0) is 4.79 Å². The Hall–Kier alpha value is -1.35. The van der Waals surface area contributed by atoms with Gasteiger partial charge in [0.15, 0.2) is 0 Å². The van der Waals surface area contributed by atoms with Crippen LogP contribution >= 0.6 is 0 Å². The highest BCUT2D eigenvalue weighted by Crippen LogP contribution is 2.34. The summed E-state index contributed by atoms with van der Waals surface area (Å²) in [6.07, 6.45) is 3.34. The van der Waals surface area contributed by atoms with Crippen LogP contribution in [0.5, 0.6) is 0 Å². The van der Waals surface area contributed by atoms with E-state index in [4.69, 9.17) is 5.73 Å². The quantitative estimate of drug-likeness (QED) is 0.859. The van der Waals surface area contributed by atoms with Gasteiger partial charge >= 0.3 is 0 Å². The lowest BCUT2D eigenvalue weighted by atomic mass is 9.93. The minimum absolute atomic E-state index is 0.0599. The van der Waals surface area contributed by atoms with E-state index in [9.17, 15) is 4.79 Å². The van der Waals surface area contributed by atoms with E-state index in [0.29, 0.717) is 5.92 Å². The molecular weight excluding hydrogens is 224 g/mol. The van der Waals surface area contributed by atoms with E-state index in [1.165, 1.54) is 5.56 Å².